The van der Waals surface area contributed by atoms with E-state index in [0.29, 0.717) is 52.4 Å². The van der Waals surface area contributed by atoms with Crippen LogP contribution in [-0.4, -0.2) is 50.8 Å². The van der Waals surface area contributed by atoms with E-state index in [9.17, 15) is 14.7 Å². The molecule has 4 atom stereocenters. The topological polar surface area (TPSA) is 150 Å². The Kier molecular flexibility index (Phi) is 11.6. The predicted molar refractivity (Wildman–Crippen MR) is 222 cm³/mol. The van der Waals surface area contributed by atoms with Crippen LogP contribution in [0.4, 0.5) is 0 Å². The van der Waals surface area contributed by atoms with Crippen molar-refractivity contribution in [3.8, 4) is 34.4 Å². The van der Waals surface area contributed by atoms with Gasteiger partial charge in [0, 0.05) is 25.2 Å². The van der Waals surface area contributed by atoms with Crippen LogP contribution in [0.5, 0.6) is 17.2 Å². The molecule has 13 heteroatoms. The summed E-state index contributed by atoms with van der Waals surface area (Å²) >= 11 is 12.2. The molecule has 8 rings (SSSR count). The molecule has 6 aromatic rings. The van der Waals surface area contributed by atoms with E-state index in [2.05, 4.69) is 26.5 Å². The summed E-state index contributed by atoms with van der Waals surface area (Å²) in [6, 6.07) is 33.7. The normalized spacial score (nSPS) is 16.9. The summed E-state index contributed by atoms with van der Waals surface area (Å²) in [5.74, 6) is 0.374. The fourth-order valence-corrected chi connectivity index (χ4v) is 7.83. The third kappa shape index (κ3) is 8.91. The number of fused-ring (bicyclic) bond motifs is 2. The van der Waals surface area contributed by atoms with Crippen molar-refractivity contribution in [2.75, 3.05) is 6.61 Å². The van der Waals surface area contributed by atoms with E-state index < -0.39 is 18.1 Å². The van der Waals surface area contributed by atoms with Gasteiger partial charge >= 0.3 is 5.97 Å². The van der Waals surface area contributed by atoms with Crippen LogP contribution in [0.15, 0.2) is 115 Å². The molecule has 2 aliphatic rings. The summed E-state index contributed by atoms with van der Waals surface area (Å²) in [6.07, 6.45) is 1.74. The summed E-state index contributed by atoms with van der Waals surface area (Å²) in [5, 5.41) is 30.4. The predicted octanol–water partition coefficient (Wildman–Crippen LogP) is 8.65. The molecule has 3 heterocycles. The van der Waals surface area contributed by atoms with Crippen molar-refractivity contribution in [3.05, 3.63) is 165 Å². The number of ether oxygens (including phenoxy) is 3. The fraction of sp³-hybridized carbons (Fsp3) is 0.217. The van der Waals surface area contributed by atoms with E-state index in [4.69, 9.17) is 42.7 Å². The third-order valence-corrected chi connectivity index (χ3v) is 11.6. The van der Waals surface area contributed by atoms with Crippen molar-refractivity contribution in [2.45, 2.75) is 57.1 Å². The highest BCUT2D eigenvalue weighted by Crippen LogP contribution is 2.42. The Morgan fingerprint density at radius 1 is 0.932 bits per heavy atom. The van der Waals surface area contributed by atoms with Crippen molar-refractivity contribution in [2.24, 2.45) is 0 Å². The molecule has 11 nitrogen and oxygen atoms in total. The molecular formula is C46H39Cl2N5O6. The van der Waals surface area contributed by atoms with E-state index in [-0.39, 0.29) is 31.1 Å². The first-order chi connectivity index (χ1) is 28.6. The van der Waals surface area contributed by atoms with Crippen LogP contribution in [-0.2, 0) is 35.6 Å². The first kappa shape index (κ1) is 39.5. The average molecular weight is 829 g/mol. The molecule has 5 aromatic carbocycles. The van der Waals surface area contributed by atoms with Gasteiger partial charge < -0.3 is 24.6 Å². The van der Waals surface area contributed by atoms with Crippen molar-refractivity contribution < 1.29 is 28.9 Å². The number of carbonyl (C=O) groups excluding carboxylic acids is 1. The van der Waals surface area contributed by atoms with Gasteiger partial charge in [-0.1, -0.05) is 77.8 Å². The second kappa shape index (κ2) is 17.3. The molecule has 0 saturated heterocycles. The number of carboxylic acid groups (broad SMARTS) is 1. The zero-order chi connectivity index (χ0) is 41.0. The summed E-state index contributed by atoms with van der Waals surface area (Å²) in [6.45, 7) is 3.02. The largest absolute Gasteiger partial charge is 0.489 e. The number of hydrogen-bond acceptors (Lipinski definition) is 8. The number of benzene rings is 5. The van der Waals surface area contributed by atoms with Gasteiger partial charge in [0.05, 0.1) is 33.4 Å². The Morgan fingerprint density at radius 3 is 2.32 bits per heavy atom. The number of hydrogen-bond donors (Lipinski definition) is 3. The number of rotatable bonds is 12. The molecule has 3 N–H and O–H groups in total. The number of carbonyl (C=O) groups is 2. The number of aromatic nitrogens is 2. The van der Waals surface area contributed by atoms with E-state index in [0.717, 1.165) is 44.6 Å². The monoisotopic (exact) mass is 827 g/mol. The van der Waals surface area contributed by atoms with Crippen LogP contribution in [0, 0.1) is 11.3 Å². The number of halogens is 2. The Labute approximate surface area is 351 Å². The van der Waals surface area contributed by atoms with E-state index in [1.54, 1.807) is 30.5 Å². The minimum absolute atomic E-state index is 0.0997. The molecule has 0 radical (unpaired) electrons. The Bertz CT molecular complexity index is 2510. The molecule has 0 aliphatic carbocycles. The molecule has 0 spiro atoms. The number of nitrogens with one attached hydrogen (secondary N) is 2. The molecule has 0 saturated carbocycles. The lowest BCUT2D eigenvalue weighted by molar-refractivity contribution is -0.143. The van der Waals surface area contributed by atoms with Crippen molar-refractivity contribution in [1.82, 2.24) is 20.4 Å². The van der Waals surface area contributed by atoms with Gasteiger partial charge in [-0.15, -0.1) is 0 Å². The smallest absolute Gasteiger partial charge is 0.326 e. The van der Waals surface area contributed by atoms with E-state index in [1.807, 2.05) is 91.9 Å². The van der Waals surface area contributed by atoms with Crippen LogP contribution in [0.2, 0.25) is 10.0 Å². The Morgan fingerprint density at radius 2 is 1.64 bits per heavy atom. The van der Waals surface area contributed by atoms with Crippen LogP contribution in [0.3, 0.4) is 0 Å². The van der Waals surface area contributed by atoms with Crippen LogP contribution in [0.25, 0.3) is 11.1 Å². The summed E-state index contributed by atoms with van der Waals surface area (Å²) < 4.78 is 18.7. The quantitative estimate of drug-likeness (QED) is 0.110. The van der Waals surface area contributed by atoms with Gasteiger partial charge in [0.15, 0.2) is 17.6 Å². The minimum Gasteiger partial charge on any atom is -0.489 e. The van der Waals surface area contributed by atoms with Gasteiger partial charge in [0.25, 0.3) is 0 Å². The lowest BCUT2D eigenvalue weighted by atomic mass is 9.90. The number of nitrogens with zero attached hydrogens (tertiary/aromatic N) is 3. The van der Waals surface area contributed by atoms with Crippen molar-refractivity contribution in [1.29, 1.82) is 5.26 Å². The molecule has 0 fully saturated rings. The van der Waals surface area contributed by atoms with Gasteiger partial charge in [-0.05, 0) is 107 Å². The summed E-state index contributed by atoms with van der Waals surface area (Å²) in [4.78, 5) is 28.8. The number of aliphatic carboxylic acids is 1. The molecule has 2 aliphatic heterocycles. The second-order valence-electron chi connectivity index (χ2n) is 14.7. The first-order valence-electron chi connectivity index (χ1n) is 19.1. The SMILES string of the molecule is CC(c1ccn[nH]1)N1Cc2cc3c(cc2C[C@H]1C(=O)NC(Cc1ccc(-c2ccc(C#N)cc2)cc1)C(=O)O)OC[C@H](c1ccc(OCc2ccc(Cl)c(Cl)c2)cc1)O3. The highest BCUT2D eigenvalue weighted by Gasteiger charge is 2.38. The van der Waals surface area contributed by atoms with Gasteiger partial charge in [-0.3, -0.25) is 14.8 Å². The molecular weight excluding hydrogens is 789 g/mol. The maximum absolute atomic E-state index is 14.2. The van der Waals surface area contributed by atoms with Crippen molar-refractivity contribution >= 4 is 35.1 Å². The number of H-pyrrole nitrogens is 1. The van der Waals surface area contributed by atoms with Crippen LogP contribution in [0.1, 0.15) is 58.1 Å². The molecule has 1 amide bonds. The zero-order valence-corrected chi connectivity index (χ0v) is 33.4. The van der Waals surface area contributed by atoms with Crippen LogP contribution < -0.4 is 19.5 Å². The molecule has 298 valence electrons. The molecule has 0 bridgehead atoms. The first-order valence-corrected chi connectivity index (χ1v) is 19.9. The lowest BCUT2D eigenvalue weighted by Gasteiger charge is -2.40. The third-order valence-electron chi connectivity index (χ3n) is 10.9. The number of carboxylic acids is 1. The highest BCUT2D eigenvalue weighted by molar-refractivity contribution is 6.42. The minimum atomic E-state index is -1.16. The lowest BCUT2D eigenvalue weighted by Crippen LogP contribution is -2.54. The van der Waals surface area contributed by atoms with E-state index >= 15 is 0 Å². The second-order valence-corrected chi connectivity index (χ2v) is 15.5. The number of nitriles is 1. The standard InChI is InChI=1S/C46H39Cl2N5O6/c1-27(39-16-17-50-52-39)53-24-35-22-43-42(58-26-44(59-43)33-11-13-36(14-12-33)57-25-30-6-15-37(47)38(48)18-30)21-34(35)20-41(53)45(54)51-40(46(55)56)19-28-2-7-31(8-3-28)32-9-4-29(23-49)5-10-32/h2-18,21-22,27,40-41,44H,19-20,24-26H2,1H3,(H,50,52)(H,51,54)(H,55,56)/t27?,40?,41-,44+/m0/s1. The number of aromatic amines is 1. The van der Waals surface area contributed by atoms with Gasteiger partial charge in [-0.2, -0.15) is 10.4 Å². The fourth-order valence-electron chi connectivity index (χ4n) is 7.51. The zero-order valence-electron chi connectivity index (χ0n) is 31.9. The maximum Gasteiger partial charge on any atom is 0.326 e. The van der Waals surface area contributed by atoms with E-state index in [1.165, 1.54) is 0 Å². The van der Waals surface area contributed by atoms with Gasteiger partial charge in [0.1, 0.15) is 25.0 Å². The van der Waals surface area contributed by atoms with Crippen molar-refractivity contribution in [3.63, 3.8) is 0 Å². The van der Waals surface area contributed by atoms with Crippen LogP contribution >= 0.6 is 23.2 Å². The maximum atomic E-state index is 14.2. The average Bonchev–Trinajstić information content (AvgIpc) is 3.81. The Hall–Kier alpha value is -6.32. The summed E-state index contributed by atoms with van der Waals surface area (Å²) in [7, 11) is 0. The molecule has 2 unspecified atom stereocenters. The Balaban J connectivity index is 0.962. The molecule has 1 aromatic heterocycles. The van der Waals surface area contributed by atoms with Gasteiger partial charge in [-0.25, -0.2) is 4.79 Å². The highest BCUT2D eigenvalue weighted by atomic mass is 35.5. The summed E-state index contributed by atoms with van der Waals surface area (Å²) in [5.41, 5.74) is 7.77. The number of amides is 1. The molecule has 59 heavy (non-hydrogen) atoms. The van der Waals surface area contributed by atoms with Gasteiger partial charge in [0.2, 0.25) is 5.91 Å².